The van der Waals surface area contributed by atoms with Gasteiger partial charge in [0.15, 0.2) is 0 Å². The molecule has 0 heteroatoms. The van der Waals surface area contributed by atoms with Gasteiger partial charge < -0.3 is 0 Å². The third kappa shape index (κ3) is 4.69. The van der Waals surface area contributed by atoms with Gasteiger partial charge in [0, 0.05) is 0 Å². The minimum absolute atomic E-state index is 0.643. The molecule has 0 saturated carbocycles. The molecule has 1 radical (unpaired) electrons. The number of hydrogen-bond donors (Lipinski definition) is 0. The molecule has 0 N–H and O–H groups in total. The molecule has 0 aromatic rings. The topological polar surface area (TPSA) is 0 Å². The molecule has 0 rings (SSSR count). The van der Waals surface area contributed by atoms with E-state index in [-0.39, 0.29) is 0 Å². The molecule has 0 bridgehead atoms. The Bertz CT molecular complexity index is 92.3. The van der Waals surface area contributed by atoms with Crippen molar-refractivity contribution in [1.82, 2.24) is 0 Å². The molecule has 0 aromatic heterocycles. The Labute approximate surface area is 85.1 Å². The third-order valence-corrected chi connectivity index (χ3v) is 3.62. The first kappa shape index (κ1) is 13.0. The quantitative estimate of drug-likeness (QED) is 0.465. The van der Waals surface area contributed by atoms with Crippen LogP contribution in [0.2, 0.25) is 0 Å². The molecule has 0 fully saturated rings. The zero-order chi connectivity index (χ0) is 10.2. The largest absolute Gasteiger partial charge is 0.0654 e. The van der Waals surface area contributed by atoms with Crippen LogP contribution in [0.4, 0.5) is 0 Å². The Kier molecular flexibility index (Phi) is 7.41. The lowest BCUT2D eigenvalue weighted by Crippen LogP contribution is -2.17. The van der Waals surface area contributed by atoms with E-state index in [4.69, 9.17) is 0 Å². The smallest absolute Gasteiger partial charge is 0.0305 e. The summed E-state index contributed by atoms with van der Waals surface area (Å²) in [5.74, 6) is 0. The van der Waals surface area contributed by atoms with E-state index in [1.807, 2.05) is 0 Å². The minimum atomic E-state index is 0.643. The lowest BCUT2D eigenvalue weighted by atomic mass is 9.75. The van der Waals surface area contributed by atoms with Gasteiger partial charge in [-0.25, -0.2) is 0 Å². The Morgan fingerprint density at radius 3 is 1.77 bits per heavy atom. The number of rotatable bonds is 8. The van der Waals surface area contributed by atoms with Crippen LogP contribution >= 0.6 is 0 Å². The normalized spacial score (nSPS) is 12.0. The van der Waals surface area contributed by atoms with Crippen molar-refractivity contribution in [3.8, 4) is 0 Å². The van der Waals surface area contributed by atoms with Crippen molar-refractivity contribution >= 4 is 0 Å². The fraction of sp³-hybridized carbons (Fsp3) is 0.923. The van der Waals surface area contributed by atoms with Crippen LogP contribution in [0.3, 0.4) is 0 Å². The summed E-state index contributed by atoms with van der Waals surface area (Å²) in [5, 5.41) is 0. The zero-order valence-electron chi connectivity index (χ0n) is 10.0. The lowest BCUT2D eigenvalue weighted by molar-refractivity contribution is 0.227. The van der Waals surface area contributed by atoms with Gasteiger partial charge in [0.05, 0.1) is 0 Å². The summed E-state index contributed by atoms with van der Waals surface area (Å²) in [5.41, 5.74) is 0.643. The second-order valence-corrected chi connectivity index (χ2v) is 4.18. The van der Waals surface area contributed by atoms with Crippen molar-refractivity contribution in [2.45, 2.75) is 72.6 Å². The van der Waals surface area contributed by atoms with E-state index in [0.717, 1.165) is 0 Å². The van der Waals surface area contributed by atoms with Crippen LogP contribution in [0.1, 0.15) is 72.6 Å². The van der Waals surface area contributed by atoms with Crippen molar-refractivity contribution in [2.75, 3.05) is 0 Å². The number of unbranched alkanes of at least 4 members (excludes halogenated alkanes) is 3. The average molecular weight is 183 g/mol. The molecular formula is C13H27. The fourth-order valence-corrected chi connectivity index (χ4v) is 2.04. The standard InChI is InChI=1S/C13H27/c1-5-9-10-11-12-13(6-2,7-3)8-4/h10H,5-9,11-12H2,1-4H3. The molecule has 0 saturated heterocycles. The van der Waals surface area contributed by atoms with E-state index in [0.29, 0.717) is 5.41 Å². The molecule has 0 aromatic carbocycles. The molecule has 0 atom stereocenters. The number of hydrogen-bond acceptors (Lipinski definition) is 0. The summed E-state index contributed by atoms with van der Waals surface area (Å²) in [7, 11) is 0. The lowest BCUT2D eigenvalue weighted by Gasteiger charge is -2.30. The second-order valence-electron chi connectivity index (χ2n) is 4.18. The van der Waals surface area contributed by atoms with Crippen molar-refractivity contribution in [1.29, 1.82) is 0 Å². The first-order valence-electron chi connectivity index (χ1n) is 6.06. The molecule has 79 valence electrons. The highest BCUT2D eigenvalue weighted by molar-refractivity contribution is 4.78. The fourth-order valence-electron chi connectivity index (χ4n) is 2.04. The van der Waals surface area contributed by atoms with Crippen LogP contribution in [-0.2, 0) is 0 Å². The average Bonchev–Trinajstić information content (AvgIpc) is 2.20. The molecule has 0 aliphatic heterocycles. The van der Waals surface area contributed by atoms with Crippen LogP contribution in [0, 0.1) is 11.8 Å². The van der Waals surface area contributed by atoms with Gasteiger partial charge in [0.25, 0.3) is 0 Å². The van der Waals surface area contributed by atoms with Crippen molar-refractivity contribution in [3.63, 3.8) is 0 Å². The zero-order valence-corrected chi connectivity index (χ0v) is 10.0. The van der Waals surface area contributed by atoms with E-state index in [1.54, 1.807) is 0 Å². The molecular weight excluding hydrogens is 156 g/mol. The summed E-state index contributed by atoms with van der Waals surface area (Å²) in [6.07, 6.45) is 11.8. The maximum Gasteiger partial charge on any atom is -0.0305 e. The van der Waals surface area contributed by atoms with E-state index in [1.165, 1.54) is 44.9 Å². The van der Waals surface area contributed by atoms with Crippen molar-refractivity contribution < 1.29 is 0 Å². The highest BCUT2D eigenvalue weighted by Crippen LogP contribution is 2.35. The Balaban J connectivity index is 3.68. The Morgan fingerprint density at radius 2 is 1.38 bits per heavy atom. The first-order valence-corrected chi connectivity index (χ1v) is 6.06. The Morgan fingerprint density at radius 1 is 0.846 bits per heavy atom. The van der Waals surface area contributed by atoms with E-state index in [2.05, 4.69) is 34.1 Å². The molecule has 0 heterocycles. The van der Waals surface area contributed by atoms with Gasteiger partial charge in [-0.05, 0) is 24.7 Å². The van der Waals surface area contributed by atoms with Gasteiger partial charge in [-0.1, -0.05) is 59.8 Å². The highest BCUT2D eigenvalue weighted by atomic mass is 14.3. The molecule has 0 aliphatic carbocycles. The van der Waals surface area contributed by atoms with Gasteiger partial charge in [0.1, 0.15) is 0 Å². The van der Waals surface area contributed by atoms with Gasteiger partial charge in [-0.15, -0.1) is 0 Å². The summed E-state index contributed by atoms with van der Waals surface area (Å²) in [6, 6.07) is 0. The summed E-state index contributed by atoms with van der Waals surface area (Å²) in [4.78, 5) is 0. The van der Waals surface area contributed by atoms with Crippen molar-refractivity contribution in [3.05, 3.63) is 6.42 Å². The van der Waals surface area contributed by atoms with Crippen LogP contribution in [0.25, 0.3) is 0 Å². The minimum Gasteiger partial charge on any atom is -0.0654 e. The molecule has 0 amide bonds. The van der Waals surface area contributed by atoms with Gasteiger partial charge >= 0.3 is 0 Å². The van der Waals surface area contributed by atoms with E-state index >= 15 is 0 Å². The molecule has 13 heavy (non-hydrogen) atoms. The predicted octanol–water partition coefficient (Wildman–Crippen LogP) is 4.99. The molecule has 0 spiro atoms. The second kappa shape index (κ2) is 7.41. The Hall–Kier alpha value is 0. The third-order valence-electron chi connectivity index (χ3n) is 3.62. The molecule has 0 aliphatic rings. The highest BCUT2D eigenvalue weighted by Gasteiger charge is 2.22. The van der Waals surface area contributed by atoms with Gasteiger partial charge in [-0.2, -0.15) is 0 Å². The van der Waals surface area contributed by atoms with E-state index in [9.17, 15) is 0 Å². The van der Waals surface area contributed by atoms with Gasteiger partial charge in [0.2, 0.25) is 0 Å². The van der Waals surface area contributed by atoms with Gasteiger partial charge in [-0.3, -0.25) is 0 Å². The van der Waals surface area contributed by atoms with Crippen LogP contribution in [0.15, 0.2) is 0 Å². The van der Waals surface area contributed by atoms with E-state index < -0.39 is 0 Å². The van der Waals surface area contributed by atoms with Crippen LogP contribution < -0.4 is 0 Å². The maximum absolute atomic E-state index is 2.47. The summed E-state index contributed by atoms with van der Waals surface area (Å²) in [6.45, 7) is 9.27. The first-order chi connectivity index (χ1) is 6.24. The van der Waals surface area contributed by atoms with Crippen LogP contribution in [0.5, 0.6) is 0 Å². The SMILES string of the molecule is CCC[CH]CCC(CC)(CC)CC. The maximum atomic E-state index is 2.47. The monoisotopic (exact) mass is 183 g/mol. The summed E-state index contributed by atoms with van der Waals surface area (Å²) < 4.78 is 0. The molecule has 0 unspecified atom stereocenters. The summed E-state index contributed by atoms with van der Waals surface area (Å²) >= 11 is 0. The van der Waals surface area contributed by atoms with Crippen LogP contribution in [-0.4, -0.2) is 0 Å². The van der Waals surface area contributed by atoms with Crippen molar-refractivity contribution in [2.24, 2.45) is 5.41 Å². The molecule has 0 nitrogen and oxygen atoms in total. The predicted molar refractivity (Wildman–Crippen MR) is 61.7 cm³/mol.